The molecule has 9 heteroatoms. The van der Waals surface area contributed by atoms with Gasteiger partial charge in [0.1, 0.15) is 17.0 Å². The summed E-state index contributed by atoms with van der Waals surface area (Å²) in [6, 6.07) is 14.9. The maximum Gasteiger partial charge on any atom is 0.427 e. The average Bonchev–Trinajstić information content (AvgIpc) is 2.67. The van der Waals surface area contributed by atoms with E-state index in [-0.39, 0.29) is 5.96 Å². The van der Waals surface area contributed by atoms with Crippen LogP contribution in [0.2, 0.25) is 0 Å². The highest BCUT2D eigenvalue weighted by molar-refractivity contribution is 7.99. The third-order valence-corrected chi connectivity index (χ3v) is 4.77. The molecule has 0 aromatic heterocycles. The second-order valence-corrected chi connectivity index (χ2v) is 10.2. The van der Waals surface area contributed by atoms with Crippen molar-refractivity contribution in [2.45, 2.75) is 62.5 Å². The molecule has 0 radical (unpaired) electrons. The number of carbonyl (C=O) groups excluding carboxylic acids is 2. The smallest absolute Gasteiger partial charge is 0.427 e. The largest absolute Gasteiger partial charge is 0.497 e. The lowest BCUT2D eigenvalue weighted by molar-refractivity contribution is 0.0145. The number of amides is 2. The van der Waals surface area contributed by atoms with Crippen LogP contribution in [0.4, 0.5) is 15.3 Å². The van der Waals surface area contributed by atoms with Crippen molar-refractivity contribution < 1.29 is 23.8 Å². The Kier molecular flexibility index (Phi) is 8.38. The highest BCUT2D eigenvalue weighted by atomic mass is 32.2. The Bertz CT molecular complexity index is 963. The number of methoxy groups -OCH3 is 1. The molecule has 0 saturated carbocycles. The molecule has 0 fully saturated rings. The maximum atomic E-state index is 12.7. The summed E-state index contributed by atoms with van der Waals surface area (Å²) in [5, 5.41) is 0. The van der Waals surface area contributed by atoms with E-state index in [1.165, 1.54) is 0 Å². The van der Waals surface area contributed by atoms with E-state index >= 15 is 0 Å². The Balaban J connectivity index is 2.22. The zero-order chi connectivity index (χ0) is 24.8. The summed E-state index contributed by atoms with van der Waals surface area (Å²) >= 11 is 1.57. The second-order valence-electron chi connectivity index (χ2n) is 9.04. The lowest BCUT2D eigenvalue weighted by Gasteiger charge is -2.27. The summed E-state index contributed by atoms with van der Waals surface area (Å²) in [5.74, 6) is 0.438. The summed E-state index contributed by atoms with van der Waals surface area (Å²) in [6.45, 7) is 10.1. The predicted molar refractivity (Wildman–Crippen MR) is 129 cm³/mol. The summed E-state index contributed by atoms with van der Waals surface area (Å²) in [7, 11) is 1.62. The van der Waals surface area contributed by atoms with Gasteiger partial charge in [-0.3, -0.25) is 0 Å². The van der Waals surface area contributed by atoms with Gasteiger partial charge in [0.25, 0.3) is 0 Å². The monoisotopic (exact) mass is 473 g/mol. The number of nitrogens with two attached hydrogens (primary N) is 1. The Morgan fingerprint density at radius 1 is 0.818 bits per heavy atom. The van der Waals surface area contributed by atoms with Crippen LogP contribution >= 0.6 is 11.8 Å². The van der Waals surface area contributed by atoms with Gasteiger partial charge in [-0.15, -0.1) is 4.90 Å². The van der Waals surface area contributed by atoms with E-state index in [0.29, 0.717) is 10.6 Å². The Morgan fingerprint density at radius 2 is 1.24 bits per heavy atom. The molecule has 0 spiro atoms. The number of carbonyl (C=O) groups is 2. The van der Waals surface area contributed by atoms with Crippen LogP contribution < -0.4 is 10.5 Å². The number of imide groups is 1. The van der Waals surface area contributed by atoms with Crippen molar-refractivity contribution in [3.63, 3.8) is 0 Å². The molecule has 0 aliphatic carbocycles. The van der Waals surface area contributed by atoms with Crippen LogP contribution in [0.15, 0.2) is 63.3 Å². The molecule has 0 bridgehead atoms. The highest BCUT2D eigenvalue weighted by Gasteiger charge is 2.34. The number of benzene rings is 2. The van der Waals surface area contributed by atoms with E-state index in [1.807, 2.05) is 36.4 Å². The predicted octanol–water partition coefficient (Wildman–Crippen LogP) is 5.96. The molecule has 0 aliphatic rings. The van der Waals surface area contributed by atoms with Crippen molar-refractivity contribution in [2.24, 2.45) is 10.7 Å². The Hall–Kier alpha value is -3.20. The molecule has 178 valence electrons. The zero-order valence-electron chi connectivity index (χ0n) is 20.0. The van der Waals surface area contributed by atoms with Crippen molar-refractivity contribution >= 4 is 35.6 Å². The summed E-state index contributed by atoms with van der Waals surface area (Å²) in [6.07, 6.45) is -1.94. The minimum absolute atomic E-state index is 0.353. The third kappa shape index (κ3) is 8.69. The standard InChI is InChI=1S/C24H31N3O5S/c1-23(2,3)31-21(28)27(22(29)32-24(4,5)6)20(25)26-16-8-12-18(13-9-16)33-19-14-10-17(30-7)11-15-19/h8-15H,1-7H3,(H2,25,26). The number of rotatable bonds is 4. The molecule has 8 nitrogen and oxygen atoms in total. The highest BCUT2D eigenvalue weighted by Crippen LogP contribution is 2.30. The van der Waals surface area contributed by atoms with Crippen LogP contribution in [0.25, 0.3) is 0 Å². The Morgan fingerprint density at radius 3 is 1.64 bits per heavy atom. The van der Waals surface area contributed by atoms with E-state index in [0.717, 1.165) is 15.5 Å². The molecule has 0 atom stereocenters. The van der Waals surface area contributed by atoms with Gasteiger partial charge in [0.05, 0.1) is 12.8 Å². The summed E-state index contributed by atoms with van der Waals surface area (Å²) in [5.41, 5.74) is 4.83. The van der Waals surface area contributed by atoms with Gasteiger partial charge in [-0.25, -0.2) is 14.6 Å². The van der Waals surface area contributed by atoms with Gasteiger partial charge >= 0.3 is 12.2 Å². The van der Waals surface area contributed by atoms with Gasteiger partial charge in [-0.05, 0) is 90.1 Å². The molecule has 0 saturated heterocycles. The van der Waals surface area contributed by atoms with E-state index < -0.39 is 23.4 Å². The molecule has 0 unspecified atom stereocenters. The number of hydrogen-bond acceptors (Lipinski definition) is 7. The summed E-state index contributed by atoms with van der Waals surface area (Å²) < 4.78 is 15.8. The molecular weight excluding hydrogens is 442 g/mol. The molecule has 2 N–H and O–H groups in total. The first-order valence-electron chi connectivity index (χ1n) is 10.3. The number of ether oxygens (including phenoxy) is 3. The van der Waals surface area contributed by atoms with Crippen molar-refractivity contribution in [3.8, 4) is 5.75 Å². The van der Waals surface area contributed by atoms with Crippen LogP contribution in [-0.4, -0.2) is 41.4 Å². The van der Waals surface area contributed by atoms with Gasteiger partial charge < -0.3 is 19.9 Å². The van der Waals surface area contributed by atoms with Crippen LogP contribution in [-0.2, 0) is 9.47 Å². The lowest BCUT2D eigenvalue weighted by Crippen LogP contribution is -2.49. The van der Waals surface area contributed by atoms with Crippen molar-refractivity contribution in [2.75, 3.05) is 7.11 Å². The fourth-order valence-corrected chi connectivity index (χ4v) is 3.24. The SMILES string of the molecule is COc1ccc(Sc2ccc(N=C(N)N(C(=O)OC(C)(C)C)C(=O)OC(C)(C)C)cc2)cc1. The molecular formula is C24H31N3O5S. The van der Waals surface area contributed by atoms with Gasteiger partial charge in [0, 0.05) is 9.79 Å². The quantitative estimate of drug-likeness (QED) is 0.431. The van der Waals surface area contributed by atoms with Gasteiger partial charge in [0.15, 0.2) is 0 Å². The maximum absolute atomic E-state index is 12.7. The zero-order valence-corrected chi connectivity index (χ0v) is 20.9. The minimum Gasteiger partial charge on any atom is -0.497 e. The molecule has 2 rings (SSSR count). The lowest BCUT2D eigenvalue weighted by atomic mass is 10.2. The normalized spacial score (nSPS) is 12.2. The van der Waals surface area contributed by atoms with E-state index in [9.17, 15) is 9.59 Å². The summed E-state index contributed by atoms with van der Waals surface area (Å²) in [4.78, 5) is 32.1. The van der Waals surface area contributed by atoms with Crippen LogP contribution in [0.1, 0.15) is 41.5 Å². The minimum atomic E-state index is -0.968. The average molecular weight is 474 g/mol. The molecule has 0 aliphatic heterocycles. The fraction of sp³-hybridized carbons (Fsp3) is 0.375. The van der Waals surface area contributed by atoms with Crippen molar-refractivity contribution in [3.05, 3.63) is 48.5 Å². The van der Waals surface area contributed by atoms with E-state index in [1.54, 1.807) is 72.5 Å². The first kappa shape index (κ1) is 26.1. The third-order valence-electron chi connectivity index (χ3n) is 3.76. The first-order chi connectivity index (χ1) is 15.3. The van der Waals surface area contributed by atoms with E-state index in [2.05, 4.69) is 4.99 Å². The van der Waals surface area contributed by atoms with Crippen molar-refractivity contribution in [1.82, 2.24) is 4.90 Å². The number of hydrogen-bond donors (Lipinski definition) is 1. The van der Waals surface area contributed by atoms with Gasteiger partial charge in [-0.1, -0.05) is 11.8 Å². The van der Waals surface area contributed by atoms with Gasteiger partial charge in [0.2, 0.25) is 5.96 Å². The van der Waals surface area contributed by atoms with Crippen LogP contribution in [0, 0.1) is 0 Å². The number of nitrogens with zero attached hydrogens (tertiary/aromatic N) is 2. The van der Waals surface area contributed by atoms with E-state index in [4.69, 9.17) is 19.9 Å². The topological polar surface area (TPSA) is 103 Å². The molecule has 2 aromatic rings. The fourth-order valence-electron chi connectivity index (χ4n) is 2.43. The second kappa shape index (κ2) is 10.6. The van der Waals surface area contributed by atoms with Crippen LogP contribution in [0.5, 0.6) is 5.75 Å². The first-order valence-corrected chi connectivity index (χ1v) is 11.1. The number of guanidine groups is 1. The molecule has 33 heavy (non-hydrogen) atoms. The van der Waals surface area contributed by atoms with Gasteiger partial charge in [-0.2, -0.15) is 0 Å². The molecule has 0 heterocycles. The molecule has 2 amide bonds. The van der Waals surface area contributed by atoms with Crippen molar-refractivity contribution in [1.29, 1.82) is 0 Å². The van der Waals surface area contributed by atoms with Crippen LogP contribution in [0.3, 0.4) is 0 Å². The number of aliphatic imine (C=N–C) groups is 1. The molecule has 2 aromatic carbocycles. The Labute approximate surface area is 199 Å².